The molecule has 0 fully saturated rings. The summed E-state index contributed by atoms with van der Waals surface area (Å²) in [6, 6.07) is 6.21. The van der Waals surface area contributed by atoms with Gasteiger partial charge in [0.25, 0.3) is 5.89 Å². The average Bonchev–Trinajstić information content (AvgIpc) is 3.15. The van der Waals surface area contributed by atoms with Gasteiger partial charge in [0.2, 0.25) is 5.82 Å². The minimum absolute atomic E-state index is 0.520. The first-order valence-electron chi connectivity index (χ1n) is 6.76. The number of thiazole rings is 1. The molecule has 1 aromatic carbocycles. The van der Waals surface area contributed by atoms with Crippen LogP contribution in [0.2, 0.25) is 0 Å². The molecule has 0 N–H and O–H groups in total. The van der Waals surface area contributed by atoms with Gasteiger partial charge in [-0.2, -0.15) is 4.98 Å². The van der Waals surface area contributed by atoms with Crippen molar-refractivity contribution < 1.29 is 9.26 Å². The zero-order valence-electron chi connectivity index (χ0n) is 11.5. The summed E-state index contributed by atoms with van der Waals surface area (Å²) >= 11 is 1.56. The molecule has 1 aliphatic heterocycles. The fourth-order valence-corrected chi connectivity index (χ4v) is 3.08. The van der Waals surface area contributed by atoms with Crippen molar-refractivity contribution >= 4 is 11.3 Å². The summed E-state index contributed by atoms with van der Waals surface area (Å²) in [4.78, 5) is 9.85. The van der Waals surface area contributed by atoms with E-state index in [2.05, 4.69) is 27.3 Å². The van der Waals surface area contributed by atoms with E-state index in [-0.39, 0.29) is 0 Å². The third-order valence-corrected chi connectivity index (χ3v) is 4.37. The summed E-state index contributed by atoms with van der Waals surface area (Å²) in [7, 11) is 0. The van der Waals surface area contributed by atoms with Crippen molar-refractivity contribution in [3.05, 3.63) is 40.4 Å². The molecule has 1 aliphatic rings. The van der Waals surface area contributed by atoms with Gasteiger partial charge in [0, 0.05) is 16.6 Å². The van der Waals surface area contributed by atoms with E-state index in [9.17, 15) is 0 Å². The van der Waals surface area contributed by atoms with Crippen LogP contribution in [0.1, 0.15) is 16.0 Å². The summed E-state index contributed by atoms with van der Waals surface area (Å²) in [5.41, 5.74) is 3.45. The Bertz CT molecular complexity index is 794. The molecule has 21 heavy (non-hydrogen) atoms. The second-order valence-electron chi connectivity index (χ2n) is 4.99. The number of hydrogen-bond acceptors (Lipinski definition) is 6. The van der Waals surface area contributed by atoms with Crippen LogP contribution >= 0.6 is 11.3 Å². The van der Waals surface area contributed by atoms with Gasteiger partial charge in [-0.05, 0) is 36.6 Å². The highest BCUT2D eigenvalue weighted by Crippen LogP contribution is 2.27. The second kappa shape index (κ2) is 5.05. The summed E-state index contributed by atoms with van der Waals surface area (Å²) in [6.07, 6.45) is 2.77. The molecule has 0 unspecified atom stereocenters. The van der Waals surface area contributed by atoms with Crippen LogP contribution < -0.4 is 0 Å². The molecule has 4 rings (SSSR count). The molecule has 0 atom stereocenters. The highest BCUT2D eigenvalue weighted by atomic mass is 32.1. The van der Waals surface area contributed by atoms with E-state index in [1.807, 2.05) is 19.2 Å². The van der Waals surface area contributed by atoms with Gasteiger partial charge in [-0.1, -0.05) is 11.2 Å². The Morgan fingerprint density at radius 3 is 3.05 bits per heavy atom. The van der Waals surface area contributed by atoms with E-state index in [0.29, 0.717) is 18.3 Å². The summed E-state index contributed by atoms with van der Waals surface area (Å²) in [6.45, 7) is 3.45. The van der Waals surface area contributed by atoms with Crippen LogP contribution in [0.4, 0.5) is 0 Å². The average molecular weight is 299 g/mol. The van der Waals surface area contributed by atoms with Crippen LogP contribution in [0.15, 0.2) is 28.9 Å². The Balaban J connectivity index is 1.69. The zero-order valence-corrected chi connectivity index (χ0v) is 12.3. The van der Waals surface area contributed by atoms with Crippen LogP contribution in [0.3, 0.4) is 0 Å². The lowest BCUT2D eigenvalue weighted by Crippen LogP contribution is -2.09. The summed E-state index contributed by atoms with van der Waals surface area (Å²) in [5, 5.41) is 4.80. The predicted octanol–water partition coefficient (Wildman–Crippen LogP) is 3.24. The largest absolute Gasteiger partial charge is 0.376 e. The van der Waals surface area contributed by atoms with Gasteiger partial charge in [0.1, 0.15) is 0 Å². The van der Waals surface area contributed by atoms with E-state index in [0.717, 1.165) is 28.5 Å². The highest BCUT2D eigenvalue weighted by Gasteiger charge is 2.16. The molecular weight excluding hydrogens is 286 g/mol. The lowest BCUT2D eigenvalue weighted by molar-refractivity contribution is 0.111. The van der Waals surface area contributed by atoms with Crippen molar-refractivity contribution in [3.8, 4) is 22.3 Å². The van der Waals surface area contributed by atoms with Crippen molar-refractivity contribution in [2.45, 2.75) is 20.0 Å². The first-order chi connectivity index (χ1) is 10.3. The van der Waals surface area contributed by atoms with Crippen LogP contribution in [0.25, 0.3) is 22.3 Å². The van der Waals surface area contributed by atoms with Crippen molar-refractivity contribution in [3.63, 3.8) is 0 Å². The molecule has 0 aliphatic carbocycles. The normalized spacial score (nSPS) is 14.1. The Kier molecular flexibility index (Phi) is 3.05. The maximum Gasteiger partial charge on any atom is 0.258 e. The molecule has 2 aromatic heterocycles. The number of fused-ring (bicyclic) bond motifs is 1. The van der Waals surface area contributed by atoms with E-state index in [1.54, 1.807) is 11.3 Å². The van der Waals surface area contributed by atoms with Crippen molar-refractivity contribution in [2.75, 3.05) is 6.61 Å². The third-order valence-electron chi connectivity index (χ3n) is 3.47. The Labute approximate surface area is 125 Å². The minimum atomic E-state index is 0.520. The van der Waals surface area contributed by atoms with Crippen molar-refractivity contribution in [2.24, 2.45) is 0 Å². The lowest BCUT2D eigenvalue weighted by Gasteiger charge is -2.16. The van der Waals surface area contributed by atoms with Crippen LogP contribution in [0.5, 0.6) is 0 Å². The fourth-order valence-electron chi connectivity index (χ4n) is 2.39. The molecule has 0 saturated carbocycles. The molecule has 0 amide bonds. The first kappa shape index (κ1) is 12.7. The van der Waals surface area contributed by atoms with Gasteiger partial charge in [-0.15, -0.1) is 11.3 Å². The molecular formula is C15H13N3O2S. The molecule has 6 heteroatoms. The maximum atomic E-state index is 5.49. The number of rotatable bonds is 2. The van der Waals surface area contributed by atoms with Gasteiger partial charge in [-0.25, -0.2) is 4.98 Å². The third kappa shape index (κ3) is 2.36. The second-order valence-corrected chi connectivity index (χ2v) is 6.22. The summed E-state index contributed by atoms with van der Waals surface area (Å²) in [5.74, 6) is 1.06. The topological polar surface area (TPSA) is 61.0 Å². The van der Waals surface area contributed by atoms with Gasteiger partial charge in [0.05, 0.1) is 13.2 Å². The molecule has 0 saturated heterocycles. The minimum Gasteiger partial charge on any atom is -0.376 e. The standard InChI is InChI=1S/C15H13N3O2S/c1-9-7-16-15(21-9)13-17-14(20-18-13)11-3-2-10-4-5-19-8-12(10)6-11/h2-3,6-7H,4-5,8H2,1H3. The molecule has 0 spiro atoms. The van der Waals surface area contributed by atoms with Gasteiger partial charge in [-0.3, -0.25) is 0 Å². The molecule has 106 valence electrons. The molecule has 3 aromatic rings. The highest BCUT2D eigenvalue weighted by molar-refractivity contribution is 7.14. The van der Waals surface area contributed by atoms with Gasteiger partial charge in [0.15, 0.2) is 5.01 Å². The van der Waals surface area contributed by atoms with Crippen molar-refractivity contribution in [1.82, 2.24) is 15.1 Å². The number of aromatic nitrogens is 3. The number of hydrogen-bond donors (Lipinski definition) is 0. The Morgan fingerprint density at radius 1 is 1.24 bits per heavy atom. The number of aryl methyl sites for hydroxylation is 1. The monoisotopic (exact) mass is 299 g/mol. The first-order valence-corrected chi connectivity index (χ1v) is 7.58. The van der Waals surface area contributed by atoms with Crippen molar-refractivity contribution in [1.29, 1.82) is 0 Å². The van der Waals surface area contributed by atoms with Gasteiger partial charge >= 0.3 is 0 Å². The number of ether oxygens (including phenoxy) is 1. The van der Waals surface area contributed by atoms with Gasteiger partial charge < -0.3 is 9.26 Å². The molecule has 0 radical (unpaired) electrons. The fraction of sp³-hybridized carbons (Fsp3) is 0.267. The van der Waals surface area contributed by atoms with E-state index >= 15 is 0 Å². The molecule has 0 bridgehead atoms. The number of benzene rings is 1. The van der Waals surface area contributed by atoms with E-state index in [1.165, 1.54) is 11.1 Å². The molecule has 5 nitrogen and oxygen atoms in total. The predicted molar refractivity (Wildman–Crippen MR) is 78.9 cm³/mol. The quantitative estimate of drug-likeness (QED) is 0.727. The zero-order chi connectivity index (χ0) is 14.2. The van der Waals surface area contributed by atoms with E-state index in [4.69, 9.17) is 9.26 Å². The Morgan fingerprint density at radius 2 is 2.19 bits per heavy atom. The maximum absolute atomic E-state index is 5.49. The number of nitrogens with zero attached hydrogens (tertiary/aromatic N) is 3. The van der Waals surface area contributed by atoms with E-state index < -0.39 is 0 Å². The lowest BCUT2D eigenvalue weighted by atomic mass is 10.0. The van der Waals surface area contributed by atoms with Crippen LogP contribution in [-0.4, -0.2) is 21.7 Å². The smallest absolute Gasteiger partial charge is 0.258 e. The SMILES string of the molecule is Cc1cnc(-c2noc(-c3ccc4c(c3)COCC4)n2)s1. The van der Waals surface area contributed by atoms with Crippen LogP contribution in [0, 0.1) is 6.92 Å². The molecule has 3 heterocycles. The summed E-state index contributed by atoms with van der Waals surface area (Å²) < 4.78 is 10.9. The Hall–Kier alpha value is -2.05. The van der Waals surface area contributed by atoms with Crippen LogP contribution in [-0.2, 0) is 17.8 Å².